The predicted molar refractivity (Wildman–Crippen MR) is 96.9 cm³/mol. The second kappa shape index (κ2) is 11.7. The van der Waals surface area contributed by atoms with Gasteiger partial charge in [0, 0.05) is 0 Å². The minimum atomic E-state index is -5.67. The Morgan fingerprint density at radius 2 is 1.86 bits per heavy atom. The van der Waals surface area contributed by atoms with E-state index >= 15 is 0 Å². The number of ether oxygens (including phenoxy) is 1. The maximum Gasteiger partial charge on any atom is 0.272 e. The summed E-state index contributed by atoms with van der Waals surface area (Å²) in [6.07, 6.45) is 4.72. The number of hydrogen-bond donors (Lipinski definition) is 1. The zero-order valence-electron chi connectivity index (χ0n) is 15.6. The molecule has 0 spiro atoms. The van der Waals surface area contributed by atoms with E-state index in [-0.39, 0.29) is 6.61 Å². The molecular weight excluding hydrogens is 410 g/mol. The van der Waals surface area contributed by atoms with Crippen molar-refractivity contribution in [3.63, 3.8) is 0 Å². The Bertz CT molecular complexity index is 783. The van der Waals surface area contributed by atoms with Gasteiger partial charge in [0.25, 0.3) is 7.82 Å². The molecule has 1 unspecified atom stereocenters. The van der Waals surface area contributed by atoms with Gasteiger partial charge in [-0.15, -0.1) is 0 Å². The van der Waals surface area contributed by atoms with Crippen LogP contribution < -0.4 is 19.4 Å². The van der Waals surface area contributed by atoms with Gasteiger partial charge >= 0.3 is 0 Å². The number of aliphatic hydroxyl groups is 1. The van der Waals surface area contributed by atoms with Gasteiger partial charge in [-0.25, -0.2) is 0 Å². The fraction of sp³-hybridized carbons (Fsp3) is 0.412. The summed E-state index contributed by atoms with van der Waals surface area (Å²) in [5.41, 5.74) is 2.58. The van der Waals surface area contributed by atoms with E-state index in [1.54, 1.807) is 31.2 Å². The van der Waals surface area contributed by atoms with E-state index in [2.05, 4.69) is 8.83 Å². The predicted octanol–water partition coefficient (Wildman–Crippen LogP) is 1.56. The summed E-state index contributed by atoms with van der Waals surface area (Å²) in [5, 5.41) is 9.10. The van der Waals surface area contributed by atoms with Crippen LogP contribution in [-0.4, -0.2) is 18.3 Å². The Hall–Kier alpha value is -1.28. The van der Waals surface area contributed by atoms with Crippen molar-refractivity contribution in [2.75, 3.05) is 13.2 Å². The van der Waals surface area contributed by atoms with Crippen LogP contribution in [0.5, 0.6) is 5.75 Å². The number of phosphoric ester groups is 1. The Morgan fingerprint density at radius 1 is 1.14 bits per heavy atom. The highest BCUT2D eigenvalue weighted by Gasteiger charge is 2.10. The Kier molecular flexibility index (Phi) is 10.3. The summed E-state index contributed by atoms with van der Waals surface area (Å²) in [6.45, 7) is 3.57. The highest BCUT2D eigenvalue weighted by atomic mass is 31.3. The van der Waals surface area contributed by atoms with Crippen LogP contribution in [0, 0.1) is 0 Å². The SMILES string of the molecule is C/C(=C\COP(=O)([O-])OP(=O)([O-])[O-])CC/C=C(\C)COc1cccc(CO)c1. The summed E-state index contributed by atoms with van der Waals surface area (Å²) in [5.74, 6) is 0.664. The fourth-order valence-electron chi connectivity index (χ4n) is 2.05. The third-order valence-electron chi connectivity index (χ3n) is 3.44. The zero-order chi connectivity index (χ0) is 21.2. The van der Waals surface area contributed by atoms with Gasteiger partial charge in [-0.2, -0.15) is 0 Å². The first-order valence-electron chi connectivity index (χ1n) is 8.33. The number of hydrogen-bond acceptors (Lipinski definition) is 9. The molecule has 0 aromatic heterocycles. The minimum absolute atomic E-state index is 0.0532. The number of allylic oxidation sites excluding steroid dienone is 2. The van der Waals surface area contributed by atoms with Gasteiger partial charge in [0.2, 0.25) is 0 Å². The maximum absolute atomic E-state index is 11.1. The number of benzene rings is 1. The third-order valence-corrected chi connectivity index (χ3v) is 5.51. The Balaban J connectivity index is 2.36. The third kappa shape index (κ3) is 11.5. The van der Waals surface area contributed by atoms with Gasteiger partial charge in [-0.3, -0.25) is 8.88 Å². The van der Waals surface area contributed by atoms with Gasteiger partial charge in [0.1, 0.15) is 12.4 Å². The summed E-state index contributed by atoms with van der Waals surface area (Å²) >= 11 is 0. The van der Waals surface area contributed by atoms with Crippen LogP contribution in [0.25, 0.3) is 0 Å². The van der Waals surface area contributed by atoms with Crippen molar-refractivity contribution in [2.45, 2.75) is 33.3 Å². The smallest absolute Gasteiger partial charge is 0.272 e. The minimum Gasteiger partial charge on any atom is -0.790 e. The molecule has 11 heteroatoms. The summed E-state index contributed by atoms with van der Waals surface area (Å²) in [7, 11) is -10.8. The lowest BCUT2D eigenvalue weighted by molar-refractivity contribution is -0.339. The molecule has 1 aromatic carbocycles. The van der Waals surface area contributed by atoms with Gasteiger partial charge in [-0.1, -0.05) is 29.9 Å². The van der Waals surface area contributed by atoms with Gasteiger partial charge < -0.3 is 33.6 Å². The molecule has 0 amide bonds. The van der Waals surface area contributed by atoms with E-state index in [0.717, 1.165) is 16.7 Å². The lowest BCUT2D eigenvalue weighted by Gasteiger charge is -2.34. The molecule has 1 atom stereocenters. The lowest BCUT2D eigenvalue weighted by atomic mass is 10.1. The molecule has 1 rings (SSSR count). The fourth-order valence-corrected chi connectivity index (χ4v) is 3.48. The normalized spacial score (nSPS) is 15.4. The van der Waals surface area contributed by atoms with E-state index in [1.807, 2.05) is 13.0 Å². The molecular formula is C17H23O9P2-3. The van der Waals surface area contributed by atoms with E-state index < -0.39 is 22.3 Å². The van der Waals surface area contributed by atoms with Crippen molar-refractivity contribution < 1.29 is 42.5 Å². The van der Waals surface area contributed by atoms with Crippen molar-refractivity contribution in [3.05, 3.63) is 53.1 Å². The summed E-state index contributed by atoms with van der Waals surface area (Å²) in [4.78, 5) is 31.7. The number of rotatable bonds is 12. The average molecular weight is 433 g/mol. The van der Waals surface area contributed by atoms with Crippen LogP contribution in [0.4, 0.5) is 0 Å². The Labute approximate surface area is 164 Å². The monoisotopic (exact) mass is 433 g/mol. The molecule has 0 saturated heterocycles. The molecule has 0 saturated carbocycles. The van der Waals surface area contributed by atoms with Crippen molar-refractivity contribution in [3.8, 4) is 5.75 Å². The van der Waals surface area contributed by atoms with E-state index in [1.165, 1.54) is 6.08 Å². The molecule has 1 N–H and O–H groups in total. The molecule has 9 nitrogen and oxygen atoms in total. The first kappa shape index (κ1) is 24.8. The first-order chi connectivity index (χ1) is 13.0. The van der Waals surface area contributed by atoms with Gasteiger partial charge in [0.05, 0.1) is 21.0 Å². The lowest BCUT2D eigenvalue weighted by Crippen LogP contribution is -2.19. The van der Waals surface area contributed by atoms with Crippen LogP contribution >= 0.6 is 15.6 Å². The zero-order valence-corrected chi connectivity index (χ0v) is 17.4. The highest BCUT2D eigenvalue weighted by molar-refractivity contribution is 7.58. The topological polar surface area (TPSA) is 151 Å². The van der Waals surface area contributed by atoms with Crippen LogP contribution in [0.3, 0.4) is 0 Å². The van der Waals surface area contributed by atoms with Crippen LogP contribution in [0.1, 0.15) is 32.3 Å². The Morgan fingerprint density at radius 3 is 2.50 bits per heavy atom. The molecule has 0 aliphatic carbocycles. The molecule has 0 radical (unpaired) electrons. The molecule has 0 aliphatic heterocycles. The van der Waals surface area contributed by atoms with Gasteiger partial charge in [-0.05, 0) is 50.0 Å². The molecule has 0 heterocycles. The van der Waals surface area contributed by atoms with Crippen molar-refractivity contribution in [1.29, 1.82) is 0 Å². The molecule has 28 heavy (non-hydrogen) atoms. The van der Waals surface area contributed by atoms with E-state index in [0.29, 0.717) is 25.2 Å². The quantitative estimate of drug-likeness (QED) is 0.382. The van der Waals surface area contributed by atoms with E-state index in [9.17, 15) is 23.8 Å². The first-order valence-corrected chi connectivity index (χ1v) is 11.3. The second-order valence-electron chi connectivity index (χ2n) is 6.01. The second-order valence-corrected chi connectivity index (χ2v) is 8.71. The standard InChI is InChI=1S/C17H26O9P2/c1-14(9-10-25-28(22,23)26-27(19,20)21)5-3-6-15(2)13-24-17-8-4-7-16(11-17)12-18/h4,6-9,11,18H,3,5,10,12-13H2,1-2H3,(H,22,23)(H2,19,20,21)/p-3/b14-9+,15-6+. The van der Waals surface area contributed by atoms with Crippen LogP contribution in [-0.2, 0) is 24.6 Å². The summed E-state index contributed by atoms with van der Waals surface area (Å²) in [6, 6.07) is 7.16. The van der Waals surface area contributed by atoms with Gasteiger partial charge in [0.15, 0.2) is 0 Å². The molecule has 0 bridgehead atoms. The summed E-state index contributed by atoms with van der Waals surface area (Å²) < 4.78 is 34.7. The van der Waals surface area contributed by atoms with Crippen molar-refractivity contribution in [2.24, 2.45) is 0 Å². The largest absolute Gasteiger partial charge is 0.790 e. The number of aliphatic hydroxyl groups excluding tert-OH is 1. The molecule has 158 valence electrons. The number of phosphoric acid groups is 2. The maximum atomic E-state index is 11.1. The van der Waals surface area contributed by atoms with Crippen molar-refractivity contribution >= 4 is 15.6 Å². The average Bonchev–Trinajstić information content (AvgIpc) is 2.58. The molecule has 1 aromatic rings. The molecule has 0 fully saturated rings. The highest BCUT2D eigenvalue weighted by Crippen LogP contribution is 2.50. The molecule has 0 aliphatic rings. The van der Waals surface area contributed by atoms with Crippen LogP contribution in [0.2, 0.25) is 0 Å². The van der Waals surface area contributed by atoms with E-state index in [4.69, 9.17) is 9.84 Å². The van der Waals surface area contributed by atoms with Crippen molar-refractivity contribution in [1.82, 2.24) is 0 Å². The van der Waals surface area contributed by atoms with Crippen LogP contribution in [0.15, 0.2) is 47.6 Å².